The molecule has 0 aliphatic carbocycles. The molecule has 1 aliphatic rings. The van der Waals surface area contributed by atoms with Crippen molar-refractivity contribution in [1.29, 1.82) is 0 Å². The van der Waals surface area contributed by atoms with E-state index in [9.17, 15) is 0 Å². The molecule has 2 heteroatoms. The van der Waals surface area contributed by atoms with Gasteiger partial charge in [-0.3, -0.25) is 0 Å². The molecule has 2 N–H and O–H groups in total. The summed E-state index contributed by atoms with van der Waals surface area (Å²) in [5.41, 5.74) is 8.88. The number of hydrogen-bond donors (Lipinski definition) is 1. The fraction of sp³-hybridized carbons (Fsp3) is 0.625. The zero-order valence-electron chi connectivity index (χ0n) is 11.7. The van der Waals surface area contributed by atoms with Gasteiger partial charge in [0.1, 0.15) is 0 Å². The molecule has 1 saturated heterocycles. The lowest BCUT2D eigenvalue weighted by Crippen LogP contribution is -2.31. The molecule has 2 atom stereocenters. The van der Waals surface area contributed by atoms with Gasteiger partial charge in [0, 0.05) is 18.6 Å². The Morgan fingerprint density at radius 1 is 1.44 bits per heavy atom. The van der Waals surface area contributed by atoms with Gasteiger partial charge in [0.15, 0.2) is 0 Å². The molecule has 18 heavy (non-hydrogen) atoms. The van der Waals surface area contributed by atoms with E-state index in [-0.39, 0.29) is 6.04 Å². The topological polar surface area (TPSA) is 29.3 Å². The van der Waals surface area contributed by atoms with Crippen molar-refractivity contribution in [1.82, 2.24) is 4.90 Å². The van der Waals surface area contributed by atoms with Crippen LogP contribution in [0.1, 0.15) is 49.8 Å². The van der Waals surface area contributed by atoms with Crippen molar-refractivity contribution in [3.05, 3.63) is 35.4 Å². The Kier molecular flexibility index (Phi) is 4.79. The maximum atomic E-state index is 6.30. The minimum atomic E-state index is 0.183. The van der Waals surface area contributed by atoms with Crippen LogP contribution in [0.3, 0.4) is 0 Å². The molecule has 2 unspecified atom stereocenters. The Bertz CT molecular complexity index is 375. The molecule has 2 rings (SSSR count). The molecule has 1 fully saturated rings. The van der Waals surface area contributed by atoms with Gasteiger partial charge < -0.3 is 10.6 Å². The Hall–Kier alpha value is -0.860. The van der Waals surface area contributed by atoms with E-state index in [4.69, 9.17) is 5.73 Å². The van der Waals surface area contributed by atoms with E-state index in [0.717, 1.165) is 19.0 Å². The molecular weight excluding hydrogens is 220 g/mol. The lowest BCUT2D eigenvalue weighted by molar-refractivity contribution is 0.239. The Morgan fingerprint density at radius 3 is 3.00 bits per heavy atom. The van der Waals surface area contributed by atoms with Crippen LogP contribution in [0.15, 0.2) is 24.3 Å². The van der Waals surface area contributed by atoms with Gasteiger partial charge >= 0.3 is 0 Å². The van der Waals surface area contributed by atoms with Gasteiger partial charge in [-0.2, -0.15) is 0 Å². The molecule has 0 spiro atoms. The van der Waals surface area contributed by atoms with Crippen LogP contribution in [0.5, 0.6) is 0 Å². The minimum Gasteiger partial charge on any atom is -0.324 e. The number of hydrogen-bond acceptors (Lipinski definition) is 2. The molecule has 100 valence electrons. The van der Waals surface area contributed by atoms with Crippen molar-refractivity contribution in [2.75, 3.05) is 13.1 Å². The Balaban J connectivity index is 1.86. The third-order valence-electron chi connectivity index (χ3n) is 4.17. The quantitative estimate of drug-likeness (QED) is 0.864. The molecular formula is C16H26N2. The number of nitrogens with two attached hydrogens (primary N) is 1. The highest BCUT2D eigenvalue weighted by molar-refractivity contribution is 5.24. The summed E-state index contributed by atoms with van der Waals surface area (Å²) < 4.78 is 0. The van der Waals surface area contributed by atoms with Crippen molar-refractivity contribution in [3.8, 4) is 0 Å². The molecule has 0 aromatic heterocycles. The highest BCUT2D eigenvalue weighted by Crippen LogP contribution is 2.22. The van der Waals surface area contributed by atoms with Crippen molar-refractivity contribution < 1.29 is 0 Å². The fourth-order valence-corrected chi connectivity index (χ4v) is 3.02. The van der Waals surface area contributed by atoms with E-state index in [1.807, 2.05) is 0 Å². The van der Waals surface area contributed by atoms with Crippen LogP contribution in [0.2, 0.25) is 0 Å². The van der Waals surface area contributed by atoms with Crippen LogP contribution in [0.4, 0.5) is 0 Å². The molecule has 2 nitrogen and oxygen atoms in total. The second kappa shape index (κ2) is 6.35. The van der Waals surface area contributed by atoms with Crippen molar-refractivity contribution in [2.45, 2.75) is 51.6 Å². The van der Waals surface area contributed by atoms with Gasteiger partial charge in [0.2, 0.25) is 0 Å². The lowest BCUT2D eigenvalue weighted by atomic mass is 10.0. The summed E-state index contributed by atoms with van der Waals surface area (Å²) >= 11 is 0. The number of nitrogens with zero attached hydrogens (tertiary/aromatic N) is 1. The first-order chi connectivity index (χ1) is 8.70. The van der Waals surface area contributed by atoms with Crippen LogP contribution in [0.25, 0.3) is 0 Å². The summed E-state index contributed by atoms with van der Waals surface area (Å²) in [6.07, 6.45) is 5.08. The van der Waals surface area contributed by atoms with Crippen molar-refractivity contribution in [3.63, 3.8) is 0 Å². The molecule has 1 aromatic carbocycles. The average molecular weight is 246 g/mol. The molecule has 0 radical (unpaired) electrons. The molecule has 0 bridgehead atoms. The van der Waals surface area contributed by atoms with E-state index in [1.165, 1.54) is 36.9 Å². The highest BCUT2D eigenvalue weighted by Gasteiger charge is 2.22. The van der Waals surface area contributed by atoms with E-state index >= 15 is 0 Å². The maximum absolute atomic E-state index is 6.30. The zero-order valence-corrected chi connectivity index (χ0v) is 11.7. The van der Waals surface area contributed by atoms with Gasteiger partial charge in [-0.1, -0.05) is 36.8 Å². The second-order valence-electron chi connectivity index (χ2n) is 5.55. The summed E-state index contributed by atoms with van der Waals surface area (Å²) in [4.78, 5) is 2.62. The summed E-state index contributed by atoms with van der Waals surface area (Å²) in [6.45, 7) is 6.83. The van der Waals surface area contributed by atoms with Crippen molar-refractivity contribution >= 4 is 0 Å². The van der Waals surface area contributed by atoms with Crippen LogP contribution < -0.4 is 5.73 Å². The average Bonchev–Trinajstić information content (AvgIpc) is 2.83. The number of rotatable bonds is 5. The fourth-order valence-electron chi connectivity index (χ4n) is 3.02. The molecule has 0 amide bonds. The first kappa shape index (κ1) is 13.6. The summed E-state index contributed by atoms with van der Waals surface area (Å²) in [5.74, 6) is 0. The van der Waals surface area contributed by atoms with Gasteiger partial charge in [-0.05, 0) is 44.7 Å². The lowest BCUT2D eigenvalue weighted by Gasteiger charge is -2.25. The molecule has 1 aliphatic heterocycles. The first-order valence-electron chi connectivity index (χ1n) is 7.27. The van der Waals surface area contributed by atoms with Gasteiger partial charge in [0.05, 0.1) is 0 Å². The van der Waals surface area contributed by atoms with E-state index in [2.05, 4.69) is 43.0 Å². The maximum Gasteiger partial charge on any atom is 0.0307 e. The number of likely N-dealkylation sites (tertiary alicyclic amines) is 1. The molecule has 1 aromatic rings. The largest absolute Gasteiger partial charge is 0.324 e. The van der Waals surface area contributed by atoms with Crippen LogP contribution >= 0.6 is 0 Å². The SMILES string of the molecule is CCC1CCCN1CCC(N)c1cccc(C)c1. The third kappa shape index (κ3) is 3.33. The zero-order chi connectivity index (χ0) is 13.0. The van der Waals surface area contributed by atoms with Crippen LogP contribution in [-0.4, -0.2) is 24.0 Å². The van der Waals surface area contributed by atoms with E-state index in [0.29, 0.717) is 0 Å². The molecule has 0 saturated carbocycles. The second-order valence-corrected chi connectivity index (χ2v) is 5.55. The standard InChI is InChI=1S/C16H26N2/c1-3-15-8-5-10-18(15)11-9-16(17)14-7-4-6-13(2)12-14/h4,6-7,12,15-16H,3,5,8-11,17H2,1-2H3. The predicted molar refractivity (Wildman–Crippen MR) is 77.6 cm³/mol. The number of aryl methyl sites for hydroxylation is 1. The minimum absolute atomic E-state index is 0.183. The van der Waals surface area contributed by atoms with E-state index < -0.39 is 0 Å². The van der Waals surface area contributed by atoms with Crippen LogP contribution in [0, 0.1) is 6.92 Å². The van der Waals surface area contributed by atoms with Crippen molar-refractivity contribution in [2.24, 2.45) is 5.73 Å². The summed E-state index contributed by atoms with van der Waals surface area (Å²) in [6, 6.07) is 9.59. The van der Waals surface area contributed by atoms with Gasteiger partial charge in [-0.15, -0.1) is 0 Å². The highest BCUT2D eigenvalue weighted by atomic mass is 15.2. The monoisotopic (exact) mass is 246 g/mol. The Morgan fingerprint density at radius 2 is 2.28 bits per heavy atom. The molecule has 1 heterocycles. The third-order valence-corrected chi connectivity index (χ3v) is 4.17. The van der Waals surface area contributed by atoms with Gasteiger partial charge in [-0.25, -0.2) is 0 Å². The number of benzene rings is 1. The summed E-state index contributed by atoms with van der Waals surface area (Å²) in [7, 11) is 0. The van der Waals surface area contributed by atoms with Gasteiger partial charge in [0.25, 0.3) is 0 Å². The first-order valence-corrected chi connectivity index (χ1v) is 7.27. The normalized spacial score (nSPS) is 22.3. The van der Waals surface area contributed by atoms with Crippen LogP contribution in [-0.2, 0) is 0 Å². The predicted octanol–water partition coefficient (Wildman–Crippen LogP) is 3.26. The van der Waals surface area contributed by atoms with E-state index in [1.54, 1.807) is 0 Å². The Labute approximate surface area is 111 Å². The smallest absolute Gasteiger partial charge is 0.0307 e. The summed E-state index contributed by atoms with van der Waals surface area (Å²) in [5, 5.41) is 0.